The summed E-state index contributed by atoms with van der Waals surface area (Å²) in [5.74, 6) is 0. The number of hydrogen-bond acceptors (Lipinski definition) is 3. The van der Waals surface area contributed by atoms with E-state index in [1.807, 2.05) is 30.3 Å². The Morgan fingerprint density at radius 1 is 1.18 bits per heavy atom. The molecule has 2 nitrogen and oxygen atoms in total. The molecular formula is C8H6N2S. The Labute approximate surface area is 68.0 Å². The monoisotopic (exact) mass is 162 g/mol. The van der Waals surface area contributed by atoms with E-state index >= 15 is 0 Å². The van der Waals surface area contributed by atoms with Crippen molar-refractivity contribution in [2.24, 2.45) is 0 Å². The van der Waals surface area contributed by atoms with Gasteiger partial charge < -0.3 is 0 Å². The van der Waals surface area contributed by atoms with Crippen LogP contribution in [0.25, 0.3) is 10.6 Å². The molecule has 1 N–H and O–H groups in total. The summed E-state index contributed by atoms with van der Waals surface area (Å²) in [6.07, 6.45) is 0. The lowest BCUT2D eigenvalue weighted by Gasteiger charge is -1.81. The Kier molecular flexibility index (Phi) is 1.43. The summed E-state index contributed by atoms with van der Waals surface area (Å²) in [5, 5.41) is 7.29. The standard InChI is InChI=1S/C8H6N2S/c9-8-10-6-4-2-1-3-5-7(6)11-8/h1-5,9H. The predicted octanol–water partition coefficient (Wildman–Crippen LogP) is 1.73. The number of fused-ring (bicyclic) bond motifs is 1. The zero-order valence-electron chi connectivity index (χ0n) is 5.74. The van der Waals surface area contributed by atoms with Gasteiger partial charge in [0.2, 0.25) is 4.80 Å². The second kappa shape index (κ2) is 2.43. The third kappa shape index (κ3) is 1.14. The molecule has 0 aromatic heterocycles. The number of nitrogens with zero attached hydrogens (tertiary/aromatic N) is 1. The second-order valence-electron chi connectivity index (χ2n) is 2.18. The van der Waals surface area contributed by atoms with Crippen LogP contribution in [0.2, 0.25) is 0 Å². The minimum absolute atomic E-state index is 0.381. The molecule has 1 heterocycles. The fourth-order valence-corrected chi connectivity index (χ4v) is 1.65. The van der Waals surface area contributed by atoms with Gasteiger partial charge in [0.1, 0.15) is 0 Å². The van der Waals surface area contributed by atoms with E-state index in [0.717, 1.165) is 10.6 Å². The molecule has 0 amide bonds. The second-order valence-corrected chi connectivity index (χ2v) is 3.21. The van der Waals surface area contributed by atoms with E-state index in [9.17, 15) is 0 Å². The highest BCUT2D eigenvalue weighted by Gasteiger charge is 2.01. The van der Waals surface area contributed by atoms with Gasteiger partial charge in [0.05, 0.1) is 10.6 Å². The maximum atomic E-state index is 7.29. The molecule has 0 bridgehead atoms. The number of nitrogens with one attached hydrogen (secondary N) is 1. The quantitative estimate of drug-likeness (QED) is 0.629. The van der Waals surface area contributed by atoms with Crippen molar-refractivity contribution in [3.05, 3.63) is 35.1 Å². The first-order valence-corrected chi connectivity index (χ1v) is 4.08. The molecule has 1 aliphatic carbocycles. The van der Waals surface area contributed by atoms with E-state index in [1.165, 1.54) is 11.3 Å². The molecule has 1 aliphatic heterocycles. The average Bonchev–Trinajstić information content (AvgIpc) is 2.17. The molecule has 0 radical (unpaired) electrons. The zero-order valence-corrected chi connectivity index (χ0v) is 6.56. The van der Waals surface area contributed by atoms with Crippen LogP contribution < -0.4 is 4.80 Å². The smallest absolute Gasteiger partial charge is 0.202 e. The summed E-state index contributed by atoms with van der Waals surface area (Å²) in [6, 6.07) is 9.74. The van der Waals surface area contributed by atoms with Gasteiger partial charge in [0, 0.05) is 0 Å². The van der Waals surface area contributed by atoms with E-state index in [-0.39, 0.29) is 0 Å². The van der Waals surface area contributed by atoms with Crippen molar-refractivity contribution in [3.8, 4) is 10.6 Å². The first-order valence-electron chi connectivity index (χ1n) is 3.27. The molecule has 3 heteroatoms. The zero-order chi connectivity index (χ0) is 7.68. The summed E-state index contributed by atoms with van der Waals surface area (Å²) in [5.41, 5.74) is 0.907. The molecule has 0 fully saturated rings. The molecule has 2 rings (SSSR count). The molecule has 0 aromatic rings. The molecular weight excluding hydrogens is 156 g/mol. The summed E-state index contributed by atoms with van der Waals surface area (Å²) < 4.78 is 0. The molecule has 0 aromatic carbocycles. The number of thiazole rings is 1. The van der Waals surface area contributed by atoms with Gasteiger partial charge in [-0.25, -0.2) is 4.98 Å². The summed E-state index contributed by atoms with van der Waals surface area (Å²) >= 11 is 1.40. The predicted molar refractivity (Wildman–Crippen MR) is 44.6 cm³/mol. The van der Waals surface area contributed by atoms with Gasteiger partial charge in [-0.3, -0.25) is 5.41 Å². The van der Waals surface area contributed by atoms with Crippen LogP contribution in [0.4, 0.5) is 0 Å². The van der Waals surface area contributed by atoms with Crippen LogP contribution >= 0.6 is 11.3 Å². The van der Waals surface area contributed by atoms with Crippen LogP contribution in [0.15, 0.2) is 30.3 Å². The van der Waals surface area contributed by atoms with Crippen molar-refractivity contribution in [2.45, 2.75) is 0 Å². The Hall–Kier alpha value is -1.22. The fraction of sp³-hybridized carbons (Fsp3) is 0. The maximum absolute atomic E-state index is 7.29. The van der Waals surface area contributed by atoms with Crippen molar-refractivity contribution < 1.29 is 0 Å². The molecule has 11 heavy (non-hydrogen) atoms. The van der Waals surface area contributed by atoms with E-state index in [2.05, 4.69) is 4.98 Å². The third-order valence-corrected chi connectivity index (χ3v) is 2.25. The molecule has 0 saturated heterocycles. The van der Waals surface area contributed by atoms with Gasteiger partial charge in [0.25, 0.3) is 0 Å². The molecule has 2 aliphatic rings. The van der Waals surface area contributed by atoms with Crippen LogP contribution in [0, 0.1) is 5.41 Å². The van der Waals surface area contributed by atoms with Gasteiger partial charge in [-0.2, -0.15) is 0 Å². The molecule has 0 unspecified atom stereocenters. The van der Waals surface area contributed by atoms with Crippen molar-refractivity contribution in [3.63, 3.8) is 0 Å². The van der Waals surface area contributed by atoms with Crippen molar-refractivity contribution >= 4 is 11.3 Å². The van der Waals surface area contributed by atoms with E-state index in [4.69, 9.17) is 5.41 Å². The van der Waals surface area contributed by atoms with Crippen LogP contribution in [0.3, 0.4) is 0 Å². The van der Waals surface area contributed by atoms with Crippen molar-refractivity contribution in [2.75, 3.05) is 0 Å². The highest BCUT2D eigenvalue weighted by Crippen LogP contribution is 2.18. The molecule has 54 valence electrons. The largest absolute Gasteiger partial charge is 0.274 e. The summed E-state index contributed by atoms with van der Waals surface area (Å²) in [4.78, 5) is 5.49. The maximum Gasteiger partial charge on any atom is 0.202 e. The van der Waals surface area contributed by atoms with Gasteiger partial charge >= 0.3 is 0 Å². The topological polar surface area (TPSA) is 36.7 Å². The van der Waals surface area contributed by atoms with Gasteiger partial charge in [-0.05, 0) is 12.1 Å². The minimum Gasteiger partial charge on any atom is -0.274 e. The van der Waals surface area contributed by atoms with Crippen LogP contribution in [0.5, 0.6) is 0 Å². The molecule has 0 atom stereocenters. The van der Waals surface area contributed by atoms with Crippen molar-refractivity contribution in [1.29, 1.82) is 5.41 Å². The Balaban J connectivity index is 2.83. The van der Waals surface area contributed by atoms with Crippen molar-refractivity contribution in [1.82, 2.24) is 4.98 Å². The third-order valence-electron chi connectivity index (χ3n) is 1.40. The Bertz CT molecular complexity index is 360. The van der Waals surface area contributed by atoms with E-state index in [1.54, 1.807) is 0 Å². The minimum atomic E-state index is 0.381. The SMILES string of the molecule is N=c1nc2cccccc-2s1. The van der Waals surface area contributed by atoms with Crippen LogP contribution in [-0.4, -0.2) is 4.98 Å². The lowest BCUT2D eigenvalue weighted by Crippen LogP contribution is -1.90. The molecule has 0 spiro atoms. The number of hydrogen-bond donors (Lipinski definition) is 1. The number of rotatable bonds is 0. The normalized spacial score (nSPS) is 10.2. The first-order chi connectivity index (χ1) is 5.36. The lowest BCUT2D eigenvalue weighted by atomic mass is 10.4. The highest BCUT2D eigenvalue weighted by atomic mass is 32.1. The van der Waals surface area contributed by atoms with Gasteiger partial charge in [0.15, 0.2) is 0 Å². The Morgan fingerprint density at radius 3 is 2.91 bits per heavy atom. The average molecular weight is 162 g/mol. The van der Waals surface area contributed by atoms with Crippen LogP contribution in [-0.2, 0) is 0 Å². The highest BCUT2D eigenvalue weighted by molar-refractivity contribution is 7.12. The van der Waals surface area contributed by atoms with E-state index in [0.29, 0.717) is 4.80 Å². The first kappa shape index (κ1) is 6.49. The number of aromatic nitrogens is 1. The summed E-state index contributed by atoms with van der Waals surface area (Å²) in [6.45, 7) is 0. The lowest BCUT2D eigenvalue weighted by molar-refractivity contribution is 1.19. The Morgan fingerprint density at radius 2 is 2.00 bits per heavy atom. The van der Waals surface area contributed by atoms with Gasteiger partial charge in [-0.1, -0.05) is 29.5 Å². The molecule has 0 saturated carbocycles. The van der Waals surface area contributed by atoms with E-state index < -0.39 is 0 Å². The fourth-order valence-electron chi connectivity index (χ4n) is 0.936. The summed E-state index contributed by atoms with van der Waals surface area (Å²) in [7, 11) is 0. The van der Waals surface area contributed by atoms with Crippen LogP contribution in [0.1, 0.15) is 0 Å². The van der Waals surface area contributed by atoms with Gasteiger partial charge in [-0.15, -0.1) is 0 Å².